The van der Waals surface area contributed by atoms with Gasteiger partial charge in [-0.15, -0.1) is 23.1 Å². The van der Waals surface area contributed by atoms with Crippen LogP contribution in [0, 0.1) is 0 Å². The zero-order valence-corrected chi connectivity index (χ0v) is 24.8. The van der Waals surface area contributed by atoms with E-state index < -0.39 is 5.25 Å². The number of amides is 2. The van der Waals surface area contributed by atoms with Crippen LogP contribution in [-0.4, -0.2) is 23.9 Å². The van der Waals surface area contributed by atoms with E-state index in [1.54, 1.807) is 7.11 Å². The number of ether oxygens (including phenoxy) is 1. The predicted octanol–water partition coefficient (Wildman–Crippen LogP) is 8.70. The van der Waals surface area contributed by atoms with Crippen molar-refractivity contribution in [1.82, 2.24) is 4.98 Å². The van der Waals surface area contributed by atoms with Crippen molar-refractivity contribution in [2.45, 2.75) is 10.1 Å². The highest BCUT2D eigenvalue weighted by Gasteiger charge is 2.23. The van der Waals surface area contributed by atoms with Crippen molar-refractivity contribution in [1.29, 1.82) is 0 Å². The van der Waals surface area contributed by atoms with Gasteiger partial charge < -0.3 is 15.4 Å². The molecule has 8 heteroatoms. The van der Waals surface area contributed by atoms with E-state index in [9.17, 15) is 9.59 Å². The molecular weight excluding hydrogens is 575 g/mol. The molecule has 1 heterocycles. The Labute approximate surface area is 257 Å². The molecule has 0 radical (unpaired) electrons. The van der Waals surface area contributed by atoms with E-state index in [0.29, 0.717) is 16.4 Å². The molecule has 0 bridgehead atoms. The van der Waals surface area contributed by atoms with Gasteiger partial charge in [0.2, 0.25) is 5.91 Å². The van der Waals surface area contributed by atoms with E-state index in [-0.39, 0.29) is 11.8 Å². The van der Waals surface area contributed by atoms with Crippen molar-refractivity contribution in [2.75, 3.05) is 17.7 Å². The number of thioether (sulfide) groups is 1. The molecule has 0 aliphatic carbocycles. The van der Waals surface area contributed by atoms with Gasteiger partial charge in [0.15, 0.2) is 5.13 Å². The molecule has 43 heavy (non-hydrogen) atoms. The van der Waals surface area contributed by atoms with E-state index in [1.807, 2.05) is 127 Å². The normalized spacial score (nSPS) is 11.6. The second-order valence-electron chi connectivity index (χ2n) is 9.71. The third-order valence-corrected chi connectivity index (χ3v) is 8.84. The Bertz CT molecular complexity index is 1890. The molecule has 6 nitrogen and oxygen atoms in total. The summed E-state index contributed by atoms with van der Waals surface area (Å²) in [6.07, 6.45) is 0. The minimum Gasteiger partial charge on any atom is -0.497 e. The van der Waals surface area contributed by atoms with E-state index in [2.05, 4.69) is 15.6 Å². The third kappa shape index (κ3) is 6.77. The maximum Gasteiger partial charge on any atom is 0.255 e. The van der Waals surface area contributed by atoms with Crippen molar-refractivity contribution in [2.24, 2.45) is 0 Å². The van der Waals surface area contributed by atoms with Crippen LogP contribution in [0.1, 0.15) is 21.2 Å². The highest BCUT2D eigenvalue weighted by Crippen LogP contribution is 2.37. The summed E-state index contributed by atoms with van der Waals surface area (Å²) < 4.78 is 5.33. The molecule has 6 rings (SSSR count). The van der Waals surface area contributed by atoms with Crippen LogP contribution in [0.15, 0.2) is 132 Å². The number of methoxy groups -OCH3 is 1. The van der Waals surface area contributed by atoms with Crippen molar-refractivity contribution >= 4 is 56.5 Å². The zero-order valence-electron chi connectivity index (χ0n) is 23.2. The Kier molecular flexibility index (Phi) is 8.49. The number of aromatic nitrogens is 1. The minimum absolute atomic E-state index is 0.170. The summed E-state index contributed by atoms with van der Waals surface area (Å²) in [5.41, 5.74) is 3.83. The first kappa shape index (κ1) is 28.2. The average molecular weight is 602 g/mol. The van der Waals surface area contributed by atoms with Crippen LogP contribution in [0.3, 0.4) is 0 Å². The fraction of sp³-hybridized carbons (Fsp3) is 0.0571. The molecule has 0 saturated heterocycles. The average Bonchev–Trinajstić information content (AvgIpc) is 3.53. The second-order valence-corrected chi connectivity index (χ2v) is 11.7. The van der Waals surface area contributed by atoms with Gasteiger partial charge in [0.05, 0.1) is 12.8 Å². The van der Waals surface area contributed by atoms with Crippen LogP contribution >= 0.6 is 23.1 Å². The van der Waals surface area contributed by atoms with Gasteiger partial charge in [-0.25, -0.2) is 4.98 Å². The van der Waals surface area contributed by atoms with Gasteiger partial charge in [0, 0.05) is 27.1 Å². The smallest absolute Gasteiger partial charge is 0.255 e. The lowest BCUT2D eigenvalue weighted by molar-refractivity contribution is -0.115. The van der Waals surface area contributed by atoms with E-state index in [1.165, 1.54) is 23.1 Å². The van der Waals surface area contributed by atoms with Crippen LogP contribution in [0.4, 0.5) is 10.8 Å². The lowest BCUT2D eigenvalue weighted by Gasteiger charge is -2.16. The van der Waals surface area contributed by atoms with Gasteiger partial charge in [-0.2, -0.15) is 0 Å². The molecule has 2 N–H and O–H groups in total. The minimum atomic E-state index is -0.511. The van der Waals surface area contributed by atoms with E-state index in [0.717, 1.165) is 38.2 Å². The summed E-state index contributed by atoms with van der Waals surface area (Å²) in [6.45, 7) is 0. The molecular formula is C35H27N3O3S2. The van der Waals surface area contributed by atoms with Gasteiger partial charge in [-0.05, 0) is 64.9 Å². The lowest BCUT2D eigenvalue weighted by Crippen LogP contribution is -2.19. The molecule has 1 aromatic heterocycles. The monoisotopic (exact) mass is 601 g/mol. The Balaban J connectivity index is 1.15. The third-order valence-electron chi connectivity index (χ3n) is 6.82. The molecule has 6 aromatic rings. The van der Waals surface area contributed by atoms with Gasteiger partial charge >= 0.3 is 0 Å². The van der Waals surface area contributed by atoms with Crippen molar-refractivity contribution in [3.63, 3.8) is 0 Å². The molecule has 5 aromatic carbocycles. The summed E-state index contributed by atoms with van der Waals surface area (Å²) >= 11 is 2.82. The van der Waals surface area contributed by atoms with Gasteiger partial charge in [0.25, 0.3) is 5.91 Å². The standard InChI is InChI=1S/C35H27N3O3S2/c1-41-29-13-7-12-26(21-29)31-22-42-35(37-31)38-34(40)32(24-9-3-2-4-10-24)43-30-18-16-28(17-19-30)36-33(39)27-15-14-23-8-5-6-11-25(23)20-27/h2-22,32H,1H3,(H,36,39)(H,37,38,40). The molecule has 0 saturated carbocycles. The molecule has 0 fully saturated rings. The quantitative estimate of drug-likeness (QED) is 0.162. The number of fused-ring (bicyclic) bond motifs is 1. The van der Waals surface area contributed by atoms with Gasteiger partial charge in [0.1, 0.15) is 11.0 Å². The molecule has 0 aliphatic rings. The van der Waals surface area contributed by atoms with Crippen LogP contribution in [0.2, 0.25) is 0 Å². The Morgan fingerprint density at radius 3 is 2.35 bits per heavy atom. The predicted molar refractivity (Wildman–Crippen MR) is 176 cm³/mol. The number of carbonyl (C=O) groups is 2. The van der Waals surface area contributed by atoms with E-state index >= 15 is 0 Å². The largest absolute Gasteiger partial charge is 0.497 e. The number of thiazole rings is 1. The second kappa shape index (κ2) is 12.9. The summed E-state index contributed by atoms with van der Waals surface area (Å²) in [5, 5.41) is 10.0. The van der Waals surface area contributed by atoms with Crippen molar-refractivity contribution in [3.05, 3.63) is 138 Å². The molecule has 0 spiro atoms. The molecule has 1 unspecified atom stereocenters. The summed E-state index contributed by atoms with van der Waals surface area (Å²) in [5.74, 6) is 0.400. The maximum atomic E-state index is 13.6. The van der Waals surface area contributed by atoms with Crippen LogP contribution in [-0.2, 0) is 4.79 Å². The molecule has 0 aliphatic heterocycles. The molecule has 2 amide bonds. The fourth-order valence-corrected chi connectivity index (χ4v) is 6.35. The van der Waals surface area contributed by atoms with Crippen LogP contribution in [0.25, 0.3) is 22.0 Å². The topological polar surface area (TPSA) is 80.3 Å². The Morgan fingerprint density at radius 2 is 1.56 bits per heavy atom. The first-order valence-corrected chi connectivity index (χ1v) is 15.3. The highest BCUT2D eigenvalue weighted by molar-refractivity contribution is 8.00. The number of hydrogen-bond donors (Lipinski definition) is 2. The molecule has 212 valence electrons. The summed E-state index contributed by atoms with van der Waals surface area (Å²) in [7, 11) is 1.63. The van der Waals surface area contributed by atoms with Crippen molar-refractivity contribution in [3.8, 4) is 17.0 Å². The number of benzene rings is 5. The number of carbonyl (C=O) groups excluding carboxylic acids is 2. The number of hydrogen-bond acceptors (Lipinski definition) is 6. The fourth-order valence-electron chi connectivity index (χ4n) is 4.60. The van der Waals surface area contributed by atoms with Gasteiger partial charge in [-0.3, -0.25) is 9.59 Å². The highest BCUT2D eigenvalue weighted by atomic mass is 32.2. The number of anilines is 2. The van der Waals surface area contributed by atoms with E-state index in [4.69, 9.17) is 4.74 Å². The lowest BCUT2D eigenvalue weighted by atomic mass is 10.1. The van der Waals surface area contributed by atoms with Crippen molar-refractivity contribution < 1.29 is 14.3 Å². The Hall–Kier alpha value is -4.92. The van der Waals surface area contributed by atoms with Crippen LogP contribution in [0.5, 0.6) is 5.75 Å². The number of nitrogens with zero attached hydrogens (tertiary/aromatic N) is 1. The number of rotatable bonds is 9. The Morgan fingerprint density at radius 1 is 0.791 bits per heavy atom. The molecule has 1 atom stereocenters. The maximum absolute atomic E-state index is 13.6. The number of nitrogens with one attached hydrogen (secondary N) is 2. The summed E-state index contributed by atoms with van der Waals surface area (Å²) in [4.78, 5) is 32.0. The van der Waals surface area contributed by atoms with Crippen LogP contribution < -0.4 is 15.4 Å². The SMILES string of the molecule is COc1cccc(-c2csc(NC(=O)C(Sc3ccc(NC(=O)c4ccc5ccccc5c4)cc3)c3ccccc3)n2)c1. The summed E-state index contributed by atoms with van der Waals surface area (Å²) in [6, 6.07) is 38.5. The first-order valence-electron chi connectivity index (χ1n) is 13.6. The van der Waals surface area contributed by atoms with Gasteiger partial charge in [-0.1, -0.05) is 72.8 Å². The first-order chi connectivity index (χ1) is 21.1. The zero-order chi connectivity index (χ0) is 29.6.